The van der Waals surface area contributed by atoms with Gasteiger partial charge in [0, 0.05) is 43.0 Å². The first kappa shape index (κ1) is 14.4. The Kier molecular flexibility index (Phi) is 4.63. The minimum atomic E-state index is 0.177. The lowest BCUT2D eigenvalue weighted by Gasteiger charge is -2.17. The first-order chi connectivity index (χ1) is 9.63. The molecule has 5 heteroatoms. The molecule has 0 saturated carbocycles. The predicted molar refractivity (Wildman–Crippen MR) is 78.0 cm³/mol. The predicted octanol–water partition coefficient (Wildman–Crippen LogP) is 2.29. The molecule has 1 heterocycles. The summed E-state index contributed by atoms with van der Waals surface area (Å²) >= 11 is 0. The number of nitrogens with zero attached hydrogens (tertiary/aromatic N) is 2. The SMILES string of the molecule is COc1ccc(C(C)NCc2cnn(C)c2)c(OC)c1. The molecule has 0 aliphatic heterocycles. The number of nitrogens with one attached hydrogen (secondary N) is 1. The molecule has 0 amide bonds. The van der Waals surface area contributed by atoms with Gasteiger partial charge in [0.1, 0.15) is 11.5 Å². The Hall–Kier alpha value is -2.01. The topological polar surface area (TPSA) is 48.3 Å². The van der Waals surface area contributed by atoms with Crippen molar-refractivity contribution in [3.8, 4) is 11.5 Å². The number of aromatic nitrogens is 2. The lowest BCUT2D eigenvalue weighted by Crippen LogP contribution is -2.18. The van der Waals surface area contributed by atoms with Gasteiger partial charge in [0.2, 0.25) is 0 Å². The van der Waals surface area contributed by atoms with Gasteiger partial charge >= 0.3 is 0 Å². The van der Waals surface area contributed by atoms with Crippen LogP contribution in [0.25, 0.3) is 0 Å². The molecule has 1 atom stereocenters. The number of ether oxygens (including phenoxy) is 2. The fourth-order valence-corrected chi connectivity index (χ4v) is 2.12. The van der Waals surface area contributed by atoms with E-state index in [0.29, 0.717) is 0 Å². The van der Waals surface area contributed by atoms with Gasteiger partial charge in [0.25, 0.3) is 0 Å². The van der Waals surface area contributed by atoms with Crippen LogP contribution in [-0.4, -0.2) is 24.0 Å². The highest BCUT2D eigenvalue weighted by atomic mass is 16.5. The van der Waals surface area contributed by atoms with Crippen LogP contribution < -0.4 is 14.8 Å². The third kappa shape index (κ3) is 3.30. The van der Waals surface area contributed by atoms with Crippen LogP contribution in [0.5, 0.6) is 11.5 Å². The van der Waals surface area contributed by atoms with E-state index in [1.54, 1.807) is 18.9 Å². The summed E-state index contributed by atoms with van der Waals surface area (Å²) in [7, 11) is 5.24. The van der Waals surface area contributed by atoms with E-state index in [4.69, 9.17) is 9.47 Å². The van der Waals surface area contributed by atoms with Gasteiger partial charge in [-0.25, -0.2) is 0 Å². The average Bonchev–Trinajstić information content (AvgIpc) is 2.89. The van der Waals surface area contributed by atoms with Crippen molar-refractivity contribution in [2.75, 3.05) is 14.2 Å². The Morgan fingerprint density at radius 3 is 2.70 bits per heavy atom. The molecule has 1 unspecified atom stereocenters. The van der Waals surface area contributed by atoms with Gasteiger partial charge in [-0.15, -0.1) is 0 Å². The van der Waals surface area contributed by atoms with Gasteiger partial charge in [-0.05, 0) is 13.0 Å². The monoisotopic (exact) mass is 275 g/mol. The molecule has 0 aliphatic carbocycles. The Labute approximate surface area is 119 Å². The van der Waals surface area contributed by atoms with Gasteiger partial charge in [-0.3, -0.25) is 4.68 Å². The van der Waals surface area contributed by atoms with E-state index in [2.05, 4.69) is 17.3 Å². The van der Waals surface area contributed by atoms with Crippen molar-refractivity contribution >= 4 is 0 Å². The first-order valence-corrected chi connectivity index (χ1v) is 6.57. The van der Waals surface area contributed by atoms with Gasteiger partial charge in [-0.1, -0.05) is 6.07 Å². The number of rotatable bonds is 6. The first-order valence-electron chi connectivity index (χ1n) is 6.57. The van der Waals surface area contributed by atoms with Crippen LogP contribution in [0.1, 0.15) is 24.1 Å². The van der Waals surface area contributed by atoms with Gasteiger partial charge in [0.15, 0.2) is 0 Å². The highest BCUT2D eigenvalue weighted by Crippen LogP contribution is 2.29. The molecule has 0 fully saturated rings. The maximum absolute atomic E-state index is 5.43. The molecule has 0 radical (unpaired) electrons. The summed E-state index contributed by atoms with van der Waals surface area (Å²) in [5, 5.41) is 7.63. The zero-order valence-electron chi connectivity index (χ0n) is 12.4. The largest absolute Gasteiger partial charge is 0.497 e. The molecule has 0 aliphatic rings. The second-order valence-corrected chi connectivity index (χ2v) is 4.73. The van der Waals surface area contributed by atoms with Crippen molar-refractivity contribution in [2.45, 2.75) is 19.5 Å². The summed E-state index contributed by atoms with van der Waals surface area (Å²) in [6, 6.07) is 6.05. The summed E-state index contributed by atoms with van der Waals surface area (Å²) in [6.07, 6.45) is 3.87. The minimum Gasteiger partial charge on any atom is -0.497 e. The number of benzene rings is 1. The van der Waals surface area contributed by atoms with Crippen LogP contribution in [0.3, 0.4) is 0 Å². The summed E-state index contributed by atoms with van der Waals surface area (Å²) < 4.78 is 12.4. The van der Waals surface area contributed by atoms with Crippen LogP contribution in [0.15, 0.2) is 30.6 Å². The Bertz CT molecular complexity index is 566. The molecular weight excluding hydrogens is 254 g/mol. The summed E-state index contributed by atoms with van der Waals surface area (Å²) in [4.78, 5) is 0. The fraction of sp³-hybridized carbons (Fsp3) is 0.400. The number of methoxy groups -OCH3 is 2. The number of aryl methyl sites for hydroxylation is 1. The molecule has 1 N–H and O–H groups in total. The normalized spacial score (nSPS) is 12.2. The molecule has 2 aromatic rings. The minimum absolute atomic E-state index is 0.177. The molecule has 5 nitrogen and oxygen atoms in total. The van der Waals surface area contributed by atoms with Crippen molar-refractivity contribution in [1.29, 1.82) is 0 Å². The van der Waals surface area contributed by atoms with E-state index in [0.717, 1.165) is 29.2 Å². The average molecular weight is 275 g/mol. The van der Waals surface area contributed by atoms with Gasteiger partial charge in [0.05, 0.1) is 20.4 Å². The van der Waals surface area contributed by atoms with E-state index in [1.165, 1.54) is 0 Å². The molecule has 2 rings (SSSR count). The Morgan fingerprint density at radius 1 is 1.30 bits per heavy atom. The highest BCUT2D eigenvalue weighted by Gasteiger charge is 2.12. The summed E-state index contributed by atoms with van der Waals surface area (Å²) in [5.74, 6) is 1.63. The third-order valence-corrected chi connectivity index (χ3v) is 3.28. The van der Waals surface area contributed by atoms with E-state index in [9.17, 15) is 0 Å². The quantitative estimate of drug-likeness (QED) is 0.878. The summed E-state index contributed by atoms with van der Waals surface area (Å²) in [5.41, 5.74) is 2.27. The van der Waals surface area contributed by atoms with Crippen LogP contribution in [0, 0.1) is 0 Å². The third-order valence-electron chi connectivity index (χ3n) is 3.28. The van der Waals surface area contributed by atoms with E-state index < -0.39 is 0 Å². The molecule has 0 saturated heterocycles. The molecule has 108 valence electrons. The second-order valence-electron chi connectivity index (χ2n) is 4.73. The van der Waals surface area contributed by atoms with E-state index in [1.807, 2.05) is 37.6 Å². The van der Waals surface area contributed by atoms with E-state index in [-0.39, 0.29) is 6.04 Å². The zero-order valence-corrected chi connectivity index (χ0v) is 12.4. The van der Waals surface area contributed by atoms with Crippen molar-refractivity contribution in [1.82, 2.24) is 15.1 Å². The maximum atomic E-state index is 5.43. The smallest absolute Gasteiger partial charge is 0.127 e. The number of hydrogen-bond acceptors (Lipinski definition) is 4. The van der Waals surface area contributed by atoms with Gasteiger partial charge < -0.3 is 14.8 Å². The van der Waals surface area contributed by atoms with Gasteiger partial charge in [-0.2, -0.15) is 5.10 Å². The fourth-order valence-electron chi connectivity index (χ4n) is 2.12. The van der Waals surface area contributed by atoms with Crippen LogP contribution >= 0.6 is 0 Å². The van der Waals surface area contributed by atoms with Crippen molar-refractivity contribution < 1.29 is 9.47 Å². The van der Waals surface area contributed by atoms with Crippen molar-refractivity contribution in [2.24, 2.45) is 7.05 Å². The second kappa shape index (κ2) is 6.43. The standard InChI is InChI=1S/C15H21N3O2/c1-11(16-8-12-9-17-18(2)10-12)14-6-5-13(19-3)7-15(14)20-4/h5-7,9-11,16H,8H2,1-4H3. The Morgan fingerprint density at radius 2 is 2.10 bits per heavy atom. The van der Waals surface area contributed by atoms with Crippen molar-refractivity contribution in [3.63, 3.8) is 0 Å². The van der Waals surface area contributed by atoms with Crippen LogP contribution in [-0.2, 0) is 13.6 Å². The molecule has 1 aromatic heterocycles. The highest BCUT2D eigenvalue weighted by molar-refractivity contribution is 5.42. The number of hydrogen-bond donors (Lipinski definition) is 1. The van der Waals surface area contributed by atoms with Crippen LogP contribution in [0.4, 0.5) is 0 Å². The lowest BCUT2D eigenvalue weighted by atomic mass is 10.1. The van der Waals surface area contributed by atoms with Crippen LogP contribution in [0.2, 0.25) is 0 Å². The Balaban J connectivity index is 2.06. The molecular formula is C15H21N3O2. The van der Waals surface area contributed by atoms with Crippen molar-refractivity contribution in [3.05, 3.63) is 41.7 Å². The molecule has 0 bridgehead atoms. The summed E-state index contributed by atoms with van der Waals surface area (Å²) in [6.45, 7) is 2.88. The van der Waals surface area contributed by atoms with E-state index >= 15 is 0 Å². The molecule has 20 heavy (non-hydrogen) atoms. The molecule has 1 aromatic carbocycles. The lowest BCUT2D eigenvalue weighted by molar-refractivity contribution is 0.386. The maximum Gasteiger partial charge on any atom is 0.127 e. The molecule has 0 spiro atoms. The zero-order chi connectivity index (χ0) is 14.5.